The lowest BCUT2D eigenvalue weighted by Crippen LogP contribution is -2.47. The number of nitrogens with zero attached hydrogens (tertiary/aromatic N) is 5. The molecule has 408 valence electrons. The van der Waals surface area contributed by atoms with Crippen molar-refractivity contribution in [3.05, 3.63) is 126 Å². The number of phenols is 8. The van der Waals surface area contributed by atoms with E-state index in [0.717, 1.165) is 33.4 Å². The van der Waals surface area contributed by atoms with Crippen LogP contribution in [0.2, 0.25) is 10.0 Å². The number of hydrogen-bond acceptors (Lipinski definition) is 15. The zero-order valence-corrected chi connectivity index (χ0v) is 45.6. The number of rotatable bonds is 1. The molecule has 10 N–H and O–H groups in total. The Morgan fingerprint density at radius 2 is 1.09 bits per heavy atom. The Kier molecular flexibility index (Phi) is 16.0. The minimum atomic E-state index is -1.07. The highest BCUT2D eigenvalue weighted by Crippen LogP contribution is 2.40. The SMILES string of the molecule is CC(C)(C)c1nc2c(Cl)c(O)c(O)cc2c(=O)[nH]1.CC(C)(C)n1c(=O)[nH]c2cc(O)c(O)cc2c1=O.CCn1cc(C(C)(C)C)c(=O)c2c(F)c(O)c(O)cc21.Cn1c(=O)n(C(C)(C)C)c(=O)c2c(Cl)c(O)c(O)cc21. The number of aromatic hydroxyl groups is 8. The average Bonchev–Trinajstić information content (AvgIpc) is 3.28. The van der Waals surface area contributed by atoms with Crippen LogP contribution in [-0.2, 0) is 35.5 Å². The lowest BCUT2D eigenvalue weighted by atomic mass is 9.87. The standard InChI is InChI=1S/C15H18FNO3.C13H15ClN2O4.C12H13ClN2O3.C12H14N2O4/c1-5-17-7-8(15(2,3)4)13(19)11-9(17)6-10(18)14(20)12(11)16;1-13(2,3)16-11(19)8-6(15(4)12(16)20)5-7(17)10(18)9(8)14;1-12(2,3)11-14-8-5(10(18)15-11)4-6(16)9(17)7(8)13;1-12(2,3)14-10(17)6-4-8(15)9(16)5-7(6)13-11(14)18/h6-7,18,20H,5H2,1-4H3;5,17-18H,1-4H3;4,16-17H,1-3H3,(H,14,15,18);4-5,15-16H,1-3H3,(H,13,18). The number of benzene rings is 4. The third-order valence-electron chi connectivity index (χ3n) is 11.8. The third-order valence-corrected chi connectivity index (χ3v) is 12.5. The molecule has 0 saturated heterocycles. The van der Waals surface area contributed by atoms with E-state index in [1.807, 2.05) is 48.5 Å². The van der Waals surface area contributed by atoms with Crippen LogP contribution in [0.1, 0.15) is 101 Å². The summed E-state index contributed by atoms with van der Waals surface area (Å²) in [5, 5.41) is 75.8. The third kappa shape index (κ3) is 11.2. The first-order valence-electron chi connectivity index (χ1n) is 23.2. The van der Waals surface area contributed by atoms with Crippen molar-refractivity contribution in [1.82, 2.24) is 33.2 Å². The Balaban J connectivity index is 0.000000187. The molecule has 76 heavy (non-hydrogen) atoms. The second-order valence-electron chi connectivity index (χ2n) is 21.7. The van der Waals surface area contributed by atoms with Crippen LogP contribution >= 0.6 is 23.2 Å². The van der Waals surface area contributed by atoms with Crippen molar-refractivity contribution in [3.8, 4) is 46.0 Å². The Morgan fingerprint density at radius 3 is 1.62 bits per heavy atom. The second kappa shape index (κ2) is 20.6. The quantitative estimate of drug-likeness (QED) is 0.0710. The maximum absolute atomic E-state index is 14.2. The molecular formula is C52H60Cl2FN7O14. The Morgan fingerprint density at radius 1 is 0.592 bits per heavy atom. The van der Waals surface area contributed by atoms with Gasteiger partial charge in [-0.3, -0.25) is 32.9 Å². The summed E-state index contributed by atoms with van der Waals surface area (Å²) in [6, 6.07) is 5.80. The molecule has 21 nitrogen and oxygen atoms in total. The van der Waals surface area contributed by atoms with E-state index in [0.29, 0.717) is 17.9 Å². The van der Waals surface area contributed by atoms with E-state index in [-0.39, 0.29) is 64.8 Å². The van der Waals surface area contributed by atoms with Crippen LogP contribution in [0.3, 0.4) is 0 Å². The molecule has 0 atom stereocenters. The molecule has 24 heteroatoms. The molecule has 0 radical (unpaired) electrons. The van der Waals surface area contributed by atoms with Crippen molar-refractivity contribution in [1.29, 1.82) is 0 Å². The van der Waals surface area contributed by atoms with Crippen molar-refractivity contribution in [3.63, 3.8) is 0 Å². The lowest BCUT2D eigenvalue weighted by molar-refractivity contribution is 0.361. The number of pyridine rings is 1. The highest BCUT2D eigenvalue weighted by molar-refractivity contribution is 6.37. The number of aryl methyl sites for hydroxylation is 2. The van der Waals surface area contributed by atoms with Gasteiger partial charge in [-0.2, -0.15) is 0 Å². The molecule has 0 fully saturated rings. The van der Waals surface area contributed by atoms with Crippen LogP contribution in [0.25, 0.3) is 43.6 Å². The van der Waals surface area contributed by atoms with Gasteiger partial charge in [-0.05, 0) is 66.0 Å². The lowest BCUT2D eigenvalue weighted by Gasteiger charge is -2.23. The van der Waals surface area contributed by atoms with Crippen molar-refractivity contribution < 1.29 is 45.2 Å². The summed E-state index contributed by atoms with van der Waals surface area (Å²) < 4.78 is 19.2. The molecular weight excluding hydrogens is 1040 g/mol. The fraction of sp³-hybridized carbons (Fsp3) is 0.365. The van der Waals surface area contributed by atoms with Crippen molar-refractivity contribution in [2.45, 2.75) is 118 Å². The maximum atomic E-state index is 14.2. The summed E-state index contributed by atoms with van der Waals surface area (Å²) in [5.41, 5.74) is -3.95. The molecule has 0 aliphatic carbocycles. The highest BCUT2D eigenvalue weighted by atomic mass is 35.5. The summed E-state index contributed by atoms with van der Waals surface area (Å²) in [4.78, 5) is 82.7. The Labute approximate surface area is 441 Å². The molecule has 4 aromatic heterocycles. The first-order valence-corrected chi connectivity index (χ1v) is 24.0. The number of aromatic amines is 2. The molecule has 0 aliphatic rings. The number of phenolic OH excluding ortho intramolecular Hbond substituents is 8. The number of fused-ring (bicyclic) bond motifs is 4. The maximum Gasteiger partial charge on any atom is 0.331 e. The fourth-order valence-corrected chi connectivity index (χ4v) is 8.33. The van der Waals surface area contributed by atoms with Crippen LogP contribution in [0.5, 0.6) is 46.0 Å². The average molecular weight is 1100 g/mol. The second-order valence-corrected chi connectivity index (χ2v) is 22.5. The smallest absolute Gasteiger partial charge is 0.331 e. The van der Waals surface area contributed by atoms with E-state index in [1.54, 1.807) is 52.3 Å². The molecule has 8 rings (SSSR count). The molecule has 0 amide bonds. The first kappa shape index (κ1) is 58.9. The van der Waals surface area contributed by atoms with Gasteiger partial charge in [0, 0.05) is 60.0 Å². The van der Waals surface area contributed by atoms with E-state index in [2.05, 4.69) is 15.0 Å². The molecule has 0 spiro atoms. The number of hydrogen-bond donors (Lipinski definition) is 10. The van der Waals surface area contributed by atoms with Gasteiger partial charge in [0.1, 0.15) is 21.4 Å². The van der Waals surface area contributed by atoms with Gasteiger partial charge in [-0.1, -0.05) is 64.7 Å². The van der Waals surface area contributed by atoms with Gasteiger partial charge in [0.15, 0.2) is 57.2 Å². The van der Waals surface area contributed by atoms with Gasteiger partial charge < -0.3 is 55.4 Å². The molecule has 4 aromatic carbocycles. The number of nitrogens with one attached hydrogen (secondary N) is 2. The molecule has 0 saturated carbocycles. The zero-order chi connectivity index (χ0) is 58.0. The van der Waals surface area contributed by atoms with Crippen LogP contribution in [0.15, 0.2) is 65.3 Å². The van der Waals surface area contributed by atoms with Crippen molar-refractivity contribution in [2.24, 2.45) is 7.05 Å². The monoisotopic (exact) mass is 1100 g/mol. The number of H-pyrrole nitrogens is 2. The van der Waals surface area contributed by atoms with Gasteiger partial charge >= 0.3 is 11.4 Å². The summed E-state index contributed by atoms with van der Waals surface area (Å²) in [6.45, 7) is 24.0. The zero-order valence-electron chi connectivity index (χ0n) is 44.1. The van der Waals surface area contributed by atoms with Crippen LogP contribution in [-0.4, -0.2) is 74.1 Å². The van der Waals surface area contributed by atoms with Gasteiger partial charge in [-0.25, -0.2) is 19.0 Å². The van der Waals surface area contributed by atoms with Gasteiger partial charge in [0.25, 0.3) is 16.7 Å². The Hall–Kier alpha value is -7.98. The van der Waals surface area contributed by atoms with E-state index in [9.17, 15) is 74.0 Å². The molecule has 0 aliphatic heterocycles. The fourth-order valence-electron chi connectivity index (χ4n) is 7.81. The number of halogens is 3. The predicted octanol–water partition coefficient (Wildman–Crippen LogP) is 7.53. The van der Waals surface area contributed by atoms with Crippen LogP contribution in [0, 0.1) is 5.82 Å². The molecule has 8 aromatic rings. The predicted molar refractivity (Wildman–Crippen MR) is 289 cm³/mol. The number of aromatic nitrogens is 7. The topological polar surface area (TPSA) is 328 Å². The van der Waals surface area contributed by atoms with E-state index in [1.165, 1.54) is 17.7 Å². The summed E-state index contributed by atoms with van der Waals surface area (Å²) in [7, 11) is 1.47. The van der Waals surface area contributed by atoms with E-state index >= 15 is 0 Å². The van der Waals surface area contributed by atoms with Crippen LogP contribution < -0.4 is 33.5 Å². The minimum absolute atomic E-state index is 0.000934. The largest absolute Gasteiger partial charge is 0.504 e. The summed E-state index contributed by atoms with van der Waals surface area (Å²) in [6.07, 6.45) is 1.68. The highest BCUT2D eigenvalue weighted by Gasteiger charge is 2.27. The minimum Gasteiger partial charge on any atom is -0.504 e. The summed E-state index contributed by atoms with van der Waals surface area (Å²) >= 11 is 11.8. The van der Waals surface area contributed by atoms with E-state index < -0.39 is 96.0 Å². The van der Waals surface area contributed by atoms with E-state index in [4.69, 9.17) is 23.2 Å². The van der Waals surface area contributed by atoms with Crippen molar-refractivity contribution >= 4 is 66.8 Å². The molecule has 0 bridgehead atoms. The van der Waals surface area contributed by atoms with Gasteiger partial charge in [-0.15, -0.1) is 0 Å². The Bertz CT molecular complexity index is 4040. The summed E-state index contributed by atoms with van der Waals surface area (Å²) in [5.74, 6) is -4.81. The first-order chi connectivity index (χ1) is 34.7. The molecule has 0 unspecified atom stereocenters. The van der Waals surface area contributed by atoms with Gasteiger partial charge in [0.2, 0.25) is 0 Å². The van der Waals surface area contributed by atoms with Gasteiger partial charge in [0.05, 0.1) is 38.1 Å². The normalized spacial score (nSPS) is 12.0. The van der Waals surface area contributed by atoms with Crippen LogP contribution in [0.4, 0.5) is 4.39 Å². The molecule has 4 heterocycles. The van der Waals surface area contributed by atoms with Crippen molar-refractivity contribution in [2.75, 3.05) is 0 Å².